The minimum absolute atomic E-state index is 0.0810. The molecular weight excluding hydrogens is 398 g/mol. The summed E-state index contributed by atoms with van der Waals surface area (Å²) in [7, 11) is 0. The molecule has 0 N–H and O–H groups in total. The van der Waals surface area contributed by atoms with E-state index in [-0.39, 0.29) is 5.56 Å². The van der Waals surface area contributed by atoms with Gasteiger partial charge < -0.3 is 14.5 Å². The average molecular weight is 409 g/mol. The summed E-state index contributed by atoms with van der Waals surface area (Å²) >= 11 is 0. The van der Waals surface area contributed by atoms with Gasteiger partial charge in [0.15, 0.2) is 6.10 Å². The van der Waals surface area contributed by atoms with Gasteiger partial charge >= 0.3 is 6.17 Å². The molecule has 0 amide bonds. The maximum Gasteiger partial charge on any atom is 0.476 e. The molecule has 28 heavy (non-hydrogen) atoms. The lowest BCUT2D eigenvalue weighted by Crippen LogP contribution is -2.30. The van der Waals surface area contributed by atoms with E-state index in [9.17, 15) is 50.6 Å². The summed E-state index contributed by atoms with van der Waals surface area (Å²) in [5.74, 6) is 0. The SMILES string of the molecule is O=[N+]([O-])C(c1ccccc1)[N+](=O)[O-].O=[N+]([O-])OCC(CO[N+](=O)[O-])O[N+](=O)[O-]. The Morgan fingerprint density at radius 3 is 1.46 bits per heavy atom. The van der Waals surface area contributed by atoms with Crippen molar-refractivity contribution in [2.45, 2.75) is 12.3 Å². The van der Waals surface area contributed by atoms with E-state index in [1.807, 2.05) is 0 Å². The normalized spacial score (nSPS) is 9.64. The topological polar surface area (TPSA) is 243 Å². The number of hydrogen-bond donors (Lipinski definition) is 0. The highest BCUT2D eigenvalue weighted by atomic mass is 17.0. The smallest absolute Gasteiger partial charge is 0.311 e. The van der Waals surface area contributed by atoms with E-state index in [0.29, 0.717) is 0 Å². The van der Waals surface area contributed by atoms with Gasteiger partial charge in [0.1, 0.15) is 28.6 Å². The Morgan fingerprint density at radius 1 is 0.714 bits per heavy atom. The van der Waals surface area contributed by atoms with E-state index in [4.69, 9.17) is 0 Å². The summed E-state index contributed by atoms with van der Waals surface area (Å²) in [6, 6.07) is 7.40. The fourth-order valence-electron chi connectivity index (χ4n) is 1.46. The van der Waals surface area contributed by atoms with Crippen LogP contribution in [0.3, 0.4) is 0 Å². The lowest BCUT2D eigenvalue weighted by Gasteiger charge is -2.11. The molecule has 0 aliphatic heterocycles. The summed E-state index contributed by atoms with van der Waals surface area (Å²) < 4.78 is 0. The molecule has 0 bridgehead atoms. The number of nitrogens with zero attached hydrogens (tertiary/aromatic N) is 5. The van der Waals surface area contributed by atoms with Crippen molar-refractivity contribution in [2.24, 2.45) is 0 Å². The Hall–Kier alpha value is -4.38. The molecule has 0 aliphatic carbocycles. The summed E-state index contributed by atoms with van der Waals surface area (Å²) in [4.78, 5) is 59.3. The Balaban J connectivity index is 0.000000525. The molecule has 0 unspecified atom stereocenters. The van der Waals surface area contributed by atoms with Crippen molar-refractivity contribution in [1.29, 1.82) is 0 Å². The van der Waals surface area contributed by atoms with Crippen LogP contribution >= 0.6 is 0 Å². The van der Waals surface area contributed by atoms with E-state index in [1.54, 1.807) is 6.07 Å². The highest BCUT2D eigenvalue weighted by molar-refractivity contribution is 5.15. The molecule has 0 aromatic heterocycles. The van der Waals surface area contributed by atoms with Gasteiger partial charge in [-0.3, -0.25) is 20.2 Å². The molecule has 0 fully saturated rings. The van der Waals surface area contributed by atoms with E-state index < -0.39 is 50.6 Å². The van der Waals surface area contributed by atoms with Crippen LogP contribution in [0.4, 0.5) is 0 Å². The Bertz CT molecular complexity index is 666. The van der Waals surface area contributed by atoms with Crippen LogP contribution in [0.1, 0.15) is 11.7 Å². The third-order valence-corrected chi connectivity index (χ3v) is 2.46. The van der Waals surface area contributed by atoms with Gasteiger partial charge in [0, 0.05) is 0 Å². The van der Waals surface area contributed by atoms with E-state index in [2.05, 4.69) is 14.5 Å². The number of nitro groups is 2. The summed E-state index contributed by atoms with van der Waals surface area (Å²) in [5.41, 5.74) is 0.0810. The Morgan fingerprint density at radius 2 is 1.14 bits per heavy atom. The average Bonchev–Trinajstić information content (AvgIpc) is 2.57. The summed E-state index contributed by atoms with van der Waals surface area (Å²) in [6.45, 7) is -1.69. The molecule has 154 valence electrons. The molecule has 0 radical (unpaired) electrons. The molecule has 1 aromatic carbocycles. The predicted molar refractivity (Wildman–Crippen MR) is 80.9 cm³/mol. The van der Waals surface area contributed by atoms with Gasteiger partial charge in [0.2, 0.25) is 0 Å². The summed E-state index contributed by atoms with van der Waals surface area (Å²) in [5, 5.41) is 46.2. The zero-order valence-electron chi connectivity index (χ0n) is 13.5. The third-order valence-electron chi connectivity index (χ3n) is 2.46. The van der Waals surface area contributed by atoms with Crippen LogP contribution in [0.25, 0.3) is 0 Å². The first kappa shape index (κ1) is 23.6. The van der Waals surface area contributed by atoms with Gasteiger partial charge in [0.05, 0.1) is 0 Å². The Labute approximate surface area is 152 Å². The molecule has 18 heteroatoms. The second kappa shape index (κ2) is 12.1. The zero-order valence-corrected chi connectivity index (χ0v) is 13.5. The predicted octanol–water partition coefficient (Wildman–Crippen LogP) is 0.218. The first-order valence-electron chi connectivity index (χ1n) is 6.72. The van der Waals surface area contributed by atoms with Gasteiger partial charge in [-0.05, 0) is 12.1 Å². The van der Waals surface area contributed by atoms with E-state index >= 15 is 0 Å². The van der Waals surface area contributed by atoms with E-state index in [0.717, 1.165) is 0 Å². The standard InChI is InChI=1S/C7H6N2O4.C3H5N3O9/c10-8(11)7(9(12)13)6-4-2-1-3-5-6;7-4(8)13-1-3(15-6(11)12)2-14-5(9)10/h1-5,7H;3H,1-2H2. The first-order chi connectivity index (χ1) is 13.0. The van der Waals surface area contributed by atoms with Gasteiger partial charge in [-0.2, -0.15) is 0 Å². The second-order valence-corrected chi connectivity index (χ2v) is 4.34. The lowest BCUT2D eigenvalue weighted by molar-refractivity contribution is -0.803. The van der Waals surface area contributed by atoms with Crippen LogP contribution in [0.2, 0.25) is 0 Å². The molecule has 0 spiro atoms. The number of rotatable bonds is 11. The van der Waals surface area contributed by atoms with Gasteiger partial charge in [-0.1, -0.05) is 18.2 Å². The number of benzene rings is 1. The second-order valence-electron chi connectivity index (χ2n) is 4.34. The molecule has 1 rings (SSSR count). The van der Waals surface area contributed by atoms with Crippen molar-refractivity contribution in [3.05, 3.63) is 86.5 Å². The third kappa shape index (κ3) is 10.5. The van der Waals surface area contributed by atoms with Crippen molar-refractivity contribution >= 4 is 0 Å². The van der Waals surface area contributed by atoms with Crippen LogP contribution in [0, 0.1) is 50.6 Å². The van der Waals surface area contributed by atoms with Crippen LogP contribution in [-0.2, 0) is 14.5 Å². The quantitative estimate of drug-likeness (QED) is 0.270. The molecular formula is C10H11N5O13. The molecule has 0 saturated heterocycles. The Kier molecular flexibility index (Phi) is 10.2. The van der Waals surface area contributed by atoms with Crippen LogP contribution in [-0.4, -0.2) is 44.4 Å². The molecule has 18 nitrogen and oxygen atoms in total. The monoisotopic (exact) mass is 409 g/mol. The van der Waals surface area contributed by atoms with E-state index in [1.165, 1.54) is 24.3 Å². The number of hydrogen-bond acceptors (Lipinski definition) is 13. The van der Waals surface area contributed by atoms with Crippen molar-refractivity contribution < 1.29 is 39.6 Å². The minimum atomic E-state index is -1.86. The highest BCUT2D eigenvalue weighted by Gasteiger charge is 2.33. The molecule has 0 aliphatic rings. The van der Waals surface area contributed by atoms with Crippen LogP contribution in [0.5, 0.6) is 0 Å². The summed E-state index contributed by atoms with van der Waals surface area (Å²) in [6.07, 6.45) is -3.41. The first-order valence-corrected chi connectivity index (χ1v) is 6.72. The minimum Gasteiger partial charge on any atom is -0.311 e. The van der Waals surface area contributed by atoms with Crippen LogP contribution < -0.4 is 0 Å². The largest absolute Gasteiger partial charge is 0.476 e. The lowest BCUT2D eigenvalue weighted by atomic mass is 10.2. The fraction of sp³-hybridized carbons (Fsp3) is 0.400. The maximum atomic E-state index is 10.3. The van der Waals surface area contributed by atoms with Gasteiger partial charge in [0.25, 0.3) is 15.3 Å². The van der Waals surface area contributed by atoms with Gasteiger partial charge in [-0.25, -0.2) is 0 Å². The fourth-order valence-corrected chi connectivity index (χ4v) is 1.46. The van der Waals surface area contributed by atoms with Crippen molar-refractivity contribution in [3.63, 3.8) is 0 Å². The molecule has 0 saturated carbocycles. The van der Waals surface area contributed by atoms with Crippen molar-refractivity contribution in [3.8, 4) is 0 Å². The van der Waals surface area contributed by atoms with Crippen LogP contribution in [0.15, 0.2) is 30.3 Å². The molecule has 0 atom stereocenters. The van der Waals surface area contributed by atoms with Crippen molar-refractivity contribution in [1.82, 2.24) is 0 Å². The van der Waals surface area contributed by atoms with Gasteiger partial charge in [-0.15, -0.1) is 30.3 Å². The highest BCUT2D eigenvalue weighted by Crippen LogP contribution is 2.15. The maximum absolute atomic E-state index is 10.3. The van der Waals surface area contributed by atoms with Crippen molar-refractivity contribution in [2.75, 3.05) is 13.2 Å². The zero-order chi connectivity index (χ0) is 21.7. The molecule has 0 heterocycles. The molecule has 1 aromatic rings.